The summed E-state index contributed by atoms with van der Waals surface area (Å²) in [6.07, 6.45) is 11.8. The van der Waals surface area contributed by atoms with E-state index < -0.39 is 16.1 Å². The molecule has 3 aromatic heterocycles. The van der Waals surface area contributed by atoms with Crippen LogP contribution in [0.25, 0.3) is 29.9 Å². The number of carbonyl (C=O) groups excluding carboxylic acids is 2. The van der Waals surface area contributed by atoms with Crippen molar-refractivity contribution >= 4 is 58.7 Å². The third kappa shape index (κ3) is 6.48. The number of aliphatic hydroxyl groups excluding tert-OH is 1. The summed E-state index contributed by atoms with van der Waals surface area (Å²) in [7, 11) is 0. The smallest absolute Gasteiger partial charge is 0.305 e. The highest BCUT2D eigenvalue weighted by atomic mass is 16.6. The molecule has 2 aromatic carbocycles. The normalized spacial score (nSPS) is 22.5. The zero-order chi connectivity index (χ0) is 45.7. The van der Waals surface area contributed by atoms with Gasteiger partial charge in [0, 0.05) is 86.4 Å². The quantitative estimate of drug-likeness (QED) is 0.0822. The number of H-pyrrole nitrogens is 3. The summed E-state index contributed by atoms with van der Waals surface area (Å²) in [5.41, 5.74) is 10.6. The lowest BCUT2D eigenvalue weighted by Crippen LogP contribution is -2.60. The molecule has 4 aliphatic heterocycles. The number of anilines is 1. The molecule has 65 heavy (non-hydrogen) atoms. The van der Waals surface area contributed by atoms with E-state index in [4.69, 9.17) is 14.5 Å². The van der Waals surface area contributed by atoms with Crippen molar-refractivity contribution in [2.45, 2.75) is 97.9 Å². The number of nitro groups is 1. The van der Waals surface area contributed by atoms with Crippen LogP contribution in [0, 0.1) is 42.7 Å². The first-order chi connectivity index (χ1) is 31.1. The molecular formula is C52H54N6O7. The van der Waals surface area contributed by atoms with E-state index in [-0.39, 0.29) is 61.4 Å². The molecule has 10 rings (SSSR count). The van der Waals surface area contributed by atoms with Gasteiger partial charge < -0.3 is 34.4 Å². The second-order valence-corrected chi connectivity index (χ2v) is 18.7. The van der Waals surface area contributed by atoms with Crippen LogP contribution in [0.3, 0.4) is 0 Å². The second-order valence-electron chi connectivity index (χ2n) is 18.7. The molecule has 13 nitrogen and oxygen atoms in total. The van der Waals surface area contributed by atoms with Gasteiger partial charge in [0.1, 0.15) is 12.4 Å². The Kier molecular flexibility index (Phi) is 10.1. The number of aliphatic hydroxyl groups is 1. The topological polar surface area (TPSA) is 179 Å². The van der Waals surface area contributed by atoms with Crippen molar-refractivity contribution in [2.75, 3.05) is 18.1 Å². The van der Waals surface area contributed by atoms with E-state index in [1.807, 2.05) is 44.2 Å². The second kappa shape index (κ2) is 15.5. The Hall–Kier alpha value is -6.73. The maximum atomic E-state index is 13.9. The van der Waals surface area contributed by atoms with Crippen LogP contribution in [-0.2, 0) is 28.0 Å². The van der Waals surface area contributed by atoms with Gasteiger partial charge in [0.15, 0.2) is 5.78 Å². The fraction of sp³-hybridized carbons (Fsp3) is 0.365. The molecule has 7 heterocycles. The molecule has 0 saturated heterocycles. The Labute approximate surface area is 376 Å². The number of para-hydroxylation sites is 1. The number of hydrogen-bond donors (Lipinski definition) is 4. The zero-order valence-corrected chi connectivity index (χ0v) is 37.8. The molecule has 5 aliphatic rings. The summed E-state index contributed by atoms with van der Waals surface area (Å²) in [5, 5.41) is 25.5. The molecule has 4 atom stereocenters. The molecule has 13 heteroatoms. The van der Waals surface area contributed by atoms with Crippen molar-refractivity contribution in [1.82, 2.24) is 15.0 Å². The largest absolute Gasteiger partial charge is 0.464 e. The number of benzene rings is 2. The maximum Gasteiger partial charge on any atom is 0.305 e. The van der Waals surface area contributed by atoms with Crippen molar-refractivity contribution in [3.63, 3.8) is 0 Å². The van der Waals surface area contributed by atoms with Crippen LogP contribution in [0.5, 0.6) is 5.75 Å². The molecule has 0 fully saturated rings. The summed E-state index contributed by atoms with van der Waals surface area (Å²) in [6, 6.07) is 12.4. The first-order valence-corrected chi connectivity index (χ1v) is 22.6. The van der Waals surface area contributed by atoms with Crippen LogP contribution >= 0.6 is 0 Å². The Bertz CT molecular complexity index is 3200. The Morgan fingerprint density at radius 3 is 2.54 bits per heavy atom. The van der Waals surface area contributed by atoms with E-state index in [0.717, 1.165) is 84.0 Å². The number of aromatic amines is 3. The molecule has 5 aromatic rings. The highest BCUT2D eigenvalue weighted by molar-refractivity contribution is 6.14. The van der Waals surface area contributed by atoms with Crippen LogP contribution < -0.4 is 31.0 Å². The molecule has 0 amide bonds. The number of aromatic nitrogens is 3. The minimum Gasteiger partial charge on any atom is -0.464 e. The van der Waals surface area contributed by atoms with Crippen molar-refractivity contribution in [1.29, 1.82) is 0 Å². The van der Waals surface area contributed by atoms with E-state index >= 15 is 0 Å². The average molecular weight is 875 g/mol. The fourth-order valence-corrected chi connectivity index (χ4v) is 11.3. The average Bonchev–Trinajstić information content (AvgIpc) is 4.07. The minimum atomic E-state index is -0.987. The SMILES string of the molecule is CCc1c2[nH]c(c1C)C=c1[nH]c(c(C)c1CO)=CC1=NC(C3=c4[nH]/c(c(C)c4C(=O)C3)=C\2)[C@@H](CCC(=O)OCCN2c3ccccc3C(C)(C)C23C=Cc2cc([N+](=O)[O-])ccc2O3)[C@@H]1C. The van der Waals surface area contributed by atoms with Crippen LogP contribution in [0.4, 0.5) is 11.4 Å². The predicted molar refractivity (Wildman–Crippen MR) is 251 cm³/mol. The first-order valence-electron chi connectivity index (χ1n) is 22.6. The van der Waals surface area contributed by atoms with Gasteiger partial charge in [-0.15, -0.1) is 0 Å². The van der Waals surface area contributed by atoms with E-state index in [1.54, 1.807) is 6.07 Å². The standard InChI is InChI=1S/C52H54N6O7/c1-8-33-27(2)39-24-43-36(26-59)29(4)38(54-43)23-40-28(3)34(49(55-40)35-22-45(60)48-30(5)41(56-50(35)48)25-42(33)53-39)14-16-47(61)64-20-19-57-44-12-10-9-11-37(44)51(6,7)52(57)18-17-31-21-32(58(62)63)13-15-46(31)65-52/h9-13,15,17-18,21,23-25,28,34,49,53-54,56,59H,8,14,16,19-20,22,26H2,1-7H3/b38-23?,41-25-,43-24?/t28-,34-,49?,52?/m0/s1. The molecule has 4 N–H and O–H groups in total. The monoisotopic (exact) mass is 874 g/mol. The van der Waals surface area contributed by atoms with Crippen molar-refractivity contribution in [3.8, 4) is 5.75 Å². The fourth-order valence-electron chi connectivity index (χ4n) is 11.3. The number of nitro benzene ring substituents is 1. The number of nitrogens with zero attached hydrogens (tertiary/aromatic N) is 3. The highest BCUT2D eigenvalue weighted by Gasteiger charge is 2.58. The third-order valence-electron chi connectivity index (χ3n) is 15.1. The summed E-state index contributed by atoms with van der Waals surface area (Å²) in [5.74, 6) is 0.118. The van der Waals surface area contributed by atoms with Gasteiger partial charge in [0.2, 0.25) is 5.72 Å². The third-order valence-corrected chi connectivity index (χ3v) is 15.1. The lowest BCUT2D eigenvalue weighted by molar-refractivity contribution is -0.384. The van der Waals surface area contributed by atoms with Crippen LogP contribution in [-0.4, -0.2) is 67.4 Å². The van der Waals surface area contributed by atoms with Gasteiger partial charge in [0.25, 0.3) is 5.69 Å². The summed E-state index contributed by atoms with van der Waals surface area (Å²) in [4.78, 5) is 57.3. The number of fused-ring (bicyclic) bond motifs is 9. The van der Waals surface area contributed by atoms with E-state index in [1.165, 1.54) is 17.7 Å². The van der Waals surface area contributed by atoms with Gasteiger partial charge in [-0.25, -0.2) is 0 Å². The number of ketones is 1. The van der Waals surface area contributed by atoms with Gasteiger partial charge in [-0.3, -0.25) is 24.7 Å². The van der Waals surface area contributed by atoms with Gasteiger partial charge in [-0.05, 0) is 129 Å². The lowest BCUT2D eigenvalue weighted by Gasteiger charge is -2.47. The number of ether oxygens (including phenoxy) is 2. The lowest BCUT2D eigenvalue weighted by atomic mass is 9.76. The van der Waals surface area contributed by atoms with Crippen LogP contribution in [0.2, 0.25) is 0 Å². The molecule has 0 radical (unpaired) electrons. The molecule has 2 unspecified atom stereocenters. The summed E-state index contributed by atoms with van der Waals surface area (Å²) in [6.45, 7) is 15.0. The number of Topliss-reactive ketones (excluding diaryl/α,β-unsaturated/α-hetero) is 1. The van der Waals surface area contributed by atoms with Gasteiger partial charge >= 0.3 is 5.97 Å². The molecule has 0 saturated carbocycles. The molecule has 1 aliphatic carbocycles. The Morgan fingerprint density at radius 2 is 1.77 bits per heavy atom. The van der Waals surface area contributed by atoms with E-state index in [2.05, 4.69) is 78.8 Å². The van der Waals surface area contributed by atoms with Crippen molar-refractivity contribution < 1.29 is 29.1 Å². The zero-order valence-electron chi connectivity index (χ0n) is 37.8. The molecule has 8 bridgehead atoms. The van der Waals surface area contributed by atoms with E-state index in [0.29, 0.717) is 29.8 Å². The molecule has 1 spiro atoms. The number of carbonyl (C=O) groups is 2. The van der Waals surface area contributed by atoms with Gasteiger partial charge in [-0.1, -0.05) is 32.0 Å². The van der Waals surface area contributed by atoms with E-state index in [9.17, 15) is 24.8 Å². The van der Waals surface area contributed by atoms with Gasteiger partial charge in [-0.2, -0.15) is 0 Å². The number of hydrogen-bond acceptors (Lipinski definition) is 9. The first kappa shape index (κ1) is 42.2. The van der Waals surface area contributed by atoms with Crippen LogP contribution in [0.15, 0.2) is 53.5 Å². The minimum absolute atomic E-state index is 0.0101. The number of nitrogens with one attached hydrogen (secondary N) is 3. The Balaban J connectivity index is 0.948. The number of aliphatic imine (C=N–C) groups is 1. The van der Waals surface area contributed by atoms with Gasteiger partial charge in [0.05, 0.1) is 34.9 Å². The predicted octanol–water partition coefficient (Wildman–Crippen LogP) is 5.75. The highest BCUT2D eigenvalue weighted by Crippen LogP contribution is 2.55. The number of rotatable bonds is 9. The van der Waals surface area contributed by atoms with Crippen LogP contribution in [0.1, 0.15) is 108 Å². The summed E-state index contributed by atoms with van der Waals surface area (Å²) >= 11 is 0. The maximum absolute atomic E-state index is 13.9. The molecular weight excluding hydrogens is 821 g/mol. The van der Waals surface area contributed by atoms with Crippen molar-refractivity contribution in [3.05, 3.63) is 136 Å². The number of esters is 1. The Morgan fingerprint density at radius 1 is 1.00 bits per heavy atom. The van der Waals surface area contributed by atoms with Crippen molar-refractivity contribution in [2.24, 2.45) is 16.8 Å². The number of non-ortho nitro benzene ring substituents is 1. The summed E-state index contributed by atoms with van der Waals surface area (Å²) < 4.78 is 12.9. The molecule has 334 valence electrons.